The van der Waals surface area contributed by atoms with Crippen molar-refractivity contribution in [3.05, 3.63) is 103 Å². The molecule has 2 unspecified atom stereocenters. The molecule has 2 atom stereocenters. The Morgan fingerprint density at radius 2 is 1.48 bits per heavy atom. The van der Waals surface area contributed by atoms with Gasteiger partial charge in [0, 0.05) is 22.9 Å². The first-order valence-corrected chi connectivity index (χ1v) is 10.4. The summed E-state index contributed by atoms with van der Waals surface area (Å²) in [7, 11) is 0. The summed E-state index contributed by atoms with van der Waals surface area (Å²) in [5, 5.41) is 0. The first-order valence-electron chi connectivity index (χ1n) is 10.4. The highest BCUT2D eigenvalue weighted by atomic mass is 16.5. The number of aromatic nitrogens is 4. The summed E-state index contributed by atoms with van der Waals surface area (Å²) < 4.78 is 10.5. The first kappa shape index (κ1) is 16.7. The topological polar surface area (TPSA) is 44.9 Å². The molecular weight excluding hydrogens is 384 g/mol. The van der Waals surface area contributed by atoms with Gasteiger partial charge in [0.2, 0.25) is 0 Å². The minimum absolute atomic E-state index is 0.0170. The summed E-state index contributed by atoms with van der Waals surface area (Å²) in [6.45, 7) is 0. The van der Waals surface area contributed by atoms with Crippen molar-refractivity contribution >= 4 is 27.8 Å². The lowest BCUT2D eigenvalue weighted by atomic mass is 9.90. The van der Waals surface area contributed by atoms with Crippen LogP contribution in [-0.2, 0) is 0 Å². The van der Waals surface area contributed by atoms with Crippen LogP contribution in [0.4, 0.5) is 0 Å². The van der Waals surface area contributed by atoms with Crippen molar-refractivity contribution in [2.75, 3.05) is 0 Å². The van der Waals surface area contributed by atoms with Crippen molar-refractivity contribution in [3.63, 3.8) is 0 Å². The summed E-state index contributed by atoms with van der Waals surface area (Å²) in [5.74, 6) is 1.10. The molecule has 148 valence electrons. The maximum atomic E-state index is 6.24. The molecule has 3 aromatic carbocycles. The number of imidazole rings is 2. The number of hydrogen-bond acceptors (Lipinski definition) is 3. The largest absolute Gasteiger partial charge is 0.485 e. The molecule has 0 saturated carbocycles. The summed E-state index contributed by atoms with van der Waals surface area (Å²) >= 11 is 0. The minimum atomic E-state index is 0.0170. The second kappa shape index (κ2) is 6.19. The maximum absolute atomic E-state index is 6.24. The third-order valence-corrected chi connectivity index (χ3v) is 6.24. The predicted molar refractivity (Wildman–Crippen MR) is 121 cm³/mol. The van der Waals surface area contributed by atoms with Crippen molar-refractivity contribution in [1.29, 1.82) is 0 Å². The van der Waals surface area contributed by atoms with Gasteiger partial charge in [0.05, 0.1) is 22.1 Å². The van der Waals surface area contributed by atoms with Gasteiger partial charge in [0.15, 0.2) is 0 Å². The molecule has 5 aromatic rings. The highest BCUT2D eigenvalue weighted by Gasteiger charge is 2.34. The van der Waals surface area contributed by atoms with Gasteiger partial charge < -0.3 is 4.74 Å². The molecule has 0 amide bonds. The van der Waals surface area contributed by atoms with Crippen LogP contribution in [0.25, 0.3) is 33.5 Å². The zero-order valence-corrected chi connectivity index (χ0v) is 16.6. The molecule has 5 nitrogen and oxygen atoms in total. The van der Waals surface area contributed by atoms with Gasteiger partial charge in [-0.2, -0.15) is 0 Å². The fourth-order valence-corrected chi connectivity index (χ4v) is 4.72. The Morgan fingerprint density at radius 3 is 2.29 bits per heavy atom. The molecule has 0 bridgehead atoms. The van der Waals surface area contributed by atoms with Crippen molar-refractivity contribution in [2.45, 2.75) is 12.0 Å². The van der Waals surface area contributed by atoms with Crippen LogP contribution in [0.5, 0.6) is 5.75 Å². The van der Waals surface area contributed by atoms with Crippen LogP contribution in [0.1, 0.15) is 11.5 Å². The fraction of sp³-hybridized carbons (Fsp3) is 0.0769. The van der Waals surface area contributed by atoms with Crippen LogP contribution in [-0.4, -0.2) is 25.2 Å². The quantitative estimate of drug-likeness (QED) is 0.401. The Morgan fingerprint density at radius 1 is 0.774 bits per heavy atom. The summed E-state index contributed by atoms with van der Waals surface area (Å²) in [4.78, 5) is 9.09. The van der Waals surface area contributed by atoms with Crippen LogP contribution in [0.2, 0.25) is 0 Å². The van der Waals surface area contributed by atoms with E-state index in [0.29, 0.717) is 0 Å². The van der Waals surface area contributed by atoms with Gasteiger partial charge in [0.25, 0.3) is 0 Å². The zero-order valence-electron chi connectivity index (χ0n) is 16.6. The fourth-order valence-electron chi connectivity index (χ4n) is 4.72. The summed E-state index contributed by atoms with van der Waals surface area (Å²) in [6.07, 6.45) is 10.4. The van der Waals surface area contributed by atoms with E-state index in [1.807, 2.05) is 49.1 Å². The van der Waals surface area contributed by atoms with Crippen molar-refractivity contribution in [3.8, 4) is 11.4 Å². The molecule has 1 aliphatic carbocycles. The molecule has 7 rings (SSSR count). The summed E-state index contributed by atoms with van der Waals surface area (Å²) in [6, 6.07) is 22.8. The van der Waals surface area contributed by atoms with E-state index in [-0.39, 0.29) is 12.0 Å². The Hall–Kier alpha value is -4.12. The molecule has 3 heterocycles. The zero-order chi connectivity index (χ0) is 20.4. The number of allylic oxidation sites excluding steroid dienone is 2. The van der Waals surface area contributed by atoms with E-state index < -0.39 is 0 Å². The number of nitrogens with zero attached hydrogens (tertiary/aromatic N) is 4. The average Bonchev–Trinajstić information content (AvgIpc) is 3.53. The van der Waals surface area contributed by atoms with Crippen molar-refractivity contribution < 1.29 is 4.74 Å². The standard InChI is InChI=1S/C26H18N4O/c1-3-7-23-21(5-1)27-15-29(23)17-9-11-25-19(13-17)20-14-18(10-12-26(20)31-25)30-16-28-22-6-2-4-8-24(22)30/h1-16,19,25H. The van der Waals surface area contributed by atoms with Crippen LogP contribution < -0.4 is 4.74 Å². The lowest BCUT2D eigenvalue weighted by Crippen LogP contribution is -2.18. The number of benzene rings is 3. The van der Waals surface area contributed by atoms with E-state index in [1.165, 1.54) is 5.56 Å². The maximum Gasteiger partial charge on any atom is 0.128 e. The van der Waals surface area contributed by atoms with Gasteiger partial charge in [-0.25, -0.2) is 9.97 Å². The van der Waals surface area contributed by atoms with Crippen LogP contribution in [0.3, 0.4) is 0 Å². The molecule has 2 aromatic heterocycles. The molecule has 1 aliphatic heterocycles. The normalized spacial score (nSPS) is 19.3. The predicted octanol–water partition coefficient (Wildman–Crippen LogP) is 5.33. The van der Waals surface area contributed by atoms with Gasteiger partial charge >= 0.3 is 0 Å². The molecule has 2 aliphatic rings. The smallest absolute Gasteiger partial charge is 0.128 e. The Balaban J connectivity index is 1.33. The number of para-hydroxylation sites is 4. The SMILES string of the molecule is C1=CC2Oc3ccc(-n4cnc5ccccc54)cc3C2C=C1n1cnc2ccccc21. The van der Waals surface area contributed by atoms with Gasteiger partial charge in [-0.1, -0.05) is 24.3 Å². The summed E-state index contributed by atoms with van der Waals surface area (Å²) in [5.41, 5.74) is 7.60. The molecule has 5 heteroatoms. The molecule has 0 spiro atoms. The monoisotopic (exact) mass is 402 g/mol. The van der Waals surface area contributed by atoms with Gasteiger partial charge in [-0.05, 0) is 60.7 Å². The van der Waals surface area contributed by atoms with Crippen LogP contribution in [0.15, 0.2) is 97.6 Å². The van der Waals surface area contributed by atoms with Crippen LogP contribution >= 0.6 is 0 Å². The molecular formula is C26H18N4O. The lowest BCUT2D eigenvalue weighted by Gasteiger charge is -2.19. The highest BCUT2D eigenvalue weighted by Crippen LogP contribution is 2.44. The third-order valence-electron chi connectivity index (χ3n) is 6.24. The second-order valence-corrected chi connectivity index (χ2v) is 7.99. The van der Waals surface area contributed by atoms with Crippen molar-refractivity contribution in [1.82, 2.24) is 19.1 Å². The second-order valence-electron chi connectivity index (χ2n) is 7.99. The molecule has 0 N–H and O–H groups in total. The highest BCUT2D eigenvalue weighted by molar-refractivity contribution is 5.81. The van der Waals surface area contributed by atoms with Gasteiger partial charge in [0.1, 0.15) is 24.5 Å². The average molecular weight is 402 g/mol. The third kappa shape index (κ3) is 2.43. The van der Waals surface area contributed by atoms with Crippen LogP contribution in [0, 0.1) is 0 Å². The number of fused-ring (bicyclic) bond motifs is 5. The van der Waals surface area contributed by atoms with E-state index >= 15 is 0 Å². The van der Waals surface area contributed by atoms with E-state index in [0.717, 1.165) is 39.2 Å². The molecule has 0 fully saturated rings. The molecule has 0 radical (unpaired) electrons. The number of rotatable bonds is 2. The van der Waals surface area contributed by atoms with Crippen molar-refractivity contribution in [2.24, 2.45) is 0 Å². The van der Waals surface area contributed by atoms with E-state index in [1.54, 1.807) is 0 Å². The minimum Gasteiger partial charge on any atom is -0.485 e. The first-order chi connectivity index (χ1) is 15.3. The number of ether oxygens (including phenoxy) is 1. The number of hydrogen-bond donors (Lipinski definition) is 0. The molecule has 0 saturated heterocycles. The van der Waals surface area contributed by atoms with E-state index in [9.17, 15) is 0 Å². The Labute approximate surface area is 178 Å². The molecule has 31 heavy (non-hydrogen) atoms. The Kier molecular flexibility index (Phi) is 3.32. The van der Waals surface area contributed by atoms with Gasteiger partial charge in [-0.3, -0.25) is 9.13 Å². The van der Waals surface area contributed by atoms with E-state index in [4.69, 9.17) is 4.74 Å². The lowest BCUT2D eigenvalue weighted by molar-refractivity contribution is 0.269. The van der Waals surface area contributed by atoms with E-state index in [2.05, 4.69) is 67.7 Å². The van der Waals surface area contributed by atoms with Gasteiger partial charge in [-0.15, -0.1) is 0 Å². The Bertz CT molecular complexity index is 1540.